The SMILES string of the molecule is CC(CS(=O)(=O)OCC(Cl)(Cl)Cl)c1ccc(CN2C(=O)C(=O)c3cc(Br)cc(Br)c32)cc1. The van der Waals surface area contributed by atoms with E-state index in [0.29, 0.717) is 20.2 Å². The van der Waals surface area contributed by atoms with Crippen LogP contribution in [0.2, 0.25) is 0 Å². The van der Waals surface area contributed by atoms with Crippen LogP contribution in [-0.4, -0.2) is 36.3 Å². The number of anilines is 1. The van der Waals surface area contributed by atoms with E-state index >= 15 is 0 Å². The highest BCUT2D eigenvalue weighted by Crippen LogP contribution is 2.39. The summed E-state index contributed by atoms with van der Waals surface area (Å²) in [6.45, 7) is 1.36. The van der Waals surface area contributed by atoms with Gasteiger partial charge < -0.3 is 0 Å². The van der Waals surface area contributed by atoms with Crippen molar-refractivity contribution in [3.05, 3.63) is 62.0 Å². The number of nitrogens with zero attached hydrogens (tertiary/aromatic N) is 1. The van der Waals surface area contributed by atoms with Crippen molar-refractivity contribution in [2.24, 2.45) is 0 Å². The van der Waals surface area contributed by atoms with Crippen LogP contribution in [0, 0.1) is 0 Å². The Balaban J connectivity index is 1.72. The molecule has 1 atom stereocenters. The largest absolute Gasteiger partial charge is 0.299 e. The van der Waals surface area contributed by atoms with E-state index < -0.39 is 32.2 Å². The molecule has 1 unspecified atom stereocenters. The average Bonchev–Trinajstić information content (AvgIpc) is 2.91. The van der Waals surface area contributed by atoms with Gasteiger partial charge in [-0.3, -0.25) is 18.7 Å². The first-order valence-corrected chi connectivity index (χ1v) is 13.4. The predicted octanol–water partition coefficient (Wildman–Crippen LogP) is 5.76. The van der Waals surface area contributed by atoms with Crippen molar-refractivity contribution >= 4 is 94.2 Å². The molecule has 172 valence electrons. The third-order valence-corrected chi connectivity index (χ3v) is 7.50. The van der Waals surface area contributed by atoms with E-state index in [4.69, 9.17) is 39.0 Å². The van der Waals surface area contributed by atoms with Gasteiger partial charge in [0.15, 0.2) is 0 Å². The standard InChI is InChI=1S/C20H16Br2Cl3NO5S/c1-11(9-32(29,30)31-10-20(23,24)25)13-4-2-12(3-5-13)8-26-17-15(18(27)19(26)28)6-14(21)7-16(17)22/h2-7,11H,8-10H2,1H3. The first-order chi connectivity index (χ1) is 14.8. The highest BCUT2D eigenvalue weighted by atomic mass is 79.9. The molecular weight excluding hydrogens is 632 g/mol. The zero-order valence-corrected chi connectivity index (χ0v) is 22.7. The number of fused-ring (bicyclic) bond motifs is 1. The van der Waals surface area contributed by atoms with Gasteiger partial charge in [0, 0.05) is 8.95 Å². The topological polar surface area (TPSA) is 80.8 Å². The van der Waals surface area contributed by atoms with E-state index in [9.17, 15) is 18.0 Å². The molecular formula is C20H16Br2Cl3NO5S. The van der Waals surface area contributed by atoms with Gasteiger partial charge in [-0.15, -0.1) is 0 Å². The maximum Gasteiger partial charge on any atom is 0.299 e. The van der Waals surface area contributed by atoms with E-state index in [1.807, 2.05) is 0 Å². The Morgan fingerprint density at radius 3 is 2.31 bits per heavy atom. The Bertz CT molecular complexity index is 1170. The fraction of sp³-hybridized carbons (Fsp3) is 0.300. The van der Waals surface area contributed by atoms with Crippen molar-refractivity contribution in [2.45, 2.75) is 23.2 Å². The molecule has 0 bridgehead atoms. The summed E-state index contributed by atoms with van der Waals surface area (Å²) in [5.41, 5.74) is 2.39. The smallest absolute Gasteiger partial charge is 0.299 e. The lowest BCUT2D eigenvalue weighted by atomic mass is 10.0. The van der Waals surface area contributed by atoms with Gasteiger partial charge in [-0.05, 0) is 45.1 Å². The van der Waals surface area contributed by atoms with Gasteiger partial charge in [0.2, 0.25) is 3.79 Å². The first-order valence-electron chi connectivity index (χ1n) is 9.15. The summed E-state index contributed by atoms with van der Waals surface area (Å²) in [5.74, 6) is -1.84. The van der Waals surface area contributed by atoms with Gasteiger partial charge in [0.05, 0.1) is 23.5 Å². The summed E-state index contributed by atoms with van der Waals surface area (Å²) in [6, 6.07) is 10.5. The van der Waals surface area contributed by atoms with E-state index in [-0.39, 0.29) is 18.2 Å². The third-order valence-electron chi connectivity index (χ3n) is 4.73. The number of Topliss-reactive ketones (excluding diaryl/α,β-unsaturated/α-hetero) is 1. The number of hydrogen-bond acceptors (Lipinski definition) is 5. The maximum atomic E-state index is 12.5. The summed E-state index contributed by atoms with van der Waals surface area (Å²) in [7, 11) is -3.90. The van der Waals surface area contributed by atoms with Crippen LogP contribution < -0.4 is 4.90 Å². The number of hydrogen-bond donors (Lipinski definition) is 0. The zero-order valence-electron chi connectivity index (χ0n) is 16.4. The molecule has 0 aliphatic carbocycles. The van der Waals surface area contributed by atoms with Crippen molar-refractivity contribution in [1.29, 1.82) is 0 Å². The lowest BCUT2D eigenvalue weighted by Crippen LogP contribution is -2.29. The number of rotatable bonds is 7. The summed E-state index contributed by atoms with van der Waals surface area (Å²) in [6.07, 6.45) is 0. The van der Waals surface area contributed by atoms with Gasteiger partial charge in [-0.2, -0.15) is 8.42 Å². The number of amides is 1. The number of halogens is 5. The number of ketones is 1. The van der Waals surface area contributed by atoms with Crippen LogP contribution in [0.4, 0.5) is 5.69 Å². The van der Waals surface area contributed by atoms with Crippen molar-refractivity contribution in [3.63, 3.8) is 0 Å². The van der Waals surface area contributed by atoms with Crippen LogP contribution in [0.3, 0.4) is 0 Å². The minimum atomic E-state index is -3.90. The monoisotopic (exact) mass is 645 g/mol. The molecule has 0 radical (unpaired) electrons. The molecule has 1 heterocycles. The van der Waals surface area contributed by atoms with Crippen LogP contribution in [0.25, 0.3) is 0 Å². The Morgan fingerprint density at radius 2 is 1.72 bits per heavy atom. The van der Waals surface area contributed by atoms with Crippen molar-refractivity contribution in [1.82, 2.24) is 0 Å². The molecule has 2 aromatic carbocycles. The van der Waals surface area contributed by atoms with Crippen LogP contribution in [0.1, 0.15) is 34.3 Å². The number of alkyl halides is 3. The number of benzene rings is 2. The van der Waals surface area contributed by atoms with E-state index in [0.717, 1.165) is 11.1 Å². The molecule has 0 fully saturated rings. The normalized spacial score (nSPS) is 15.2. The Labute approximate surface area is 217 Å². The summed E-state index contributed by atoms with van der Waals surface area (Å²) < 4.78 is 28.5. The minimum Gasteiger partial charge on any atom is -0.299 e. The summed E-state index contributed by atoms with van der Waals surface area (Å²) >= 11 is 23.4. The predicted molar refractivity (Wildman–Crippen MR) is 132 cm³/mol. The lowest BCUT2D eigenvalue weighted by Gasteiger charge is -2.19. The first kappa shape index (κ1) is 25.9. The summed E-state index contributed by atoms with van der Waals surface area (Å²) in [5, 5.41) is 0. The van der Waals surface area contributed by atoms with Crippen LogP contribution in [0.15, 0.2) is 45.3 Å². The Hall–Kier alpha value is -0.680. The second-order valence-corrected chi connectivity index (χ2v) is 13.2. The van der Waals surface area contributed by atoms with Crippen molar-refractivity contribution in [2.75, 3.05) is 17.3 Å². The molecule has 0 aromatic heterocycles. The van der Waals surface area contributed by atoms with Gasteiger partial charge in [0.25, 0.3) is 21.8 Å². The van der Waals surface area contributed by atoms with Crippen LogP contribution in [-0.2, 0) is 25.6 Å². The highest BCUT2D eigenvalue weighted by molar-refractivity contribution is 9.11. The molecule has 1 amide bonds. The molecule has 0 saturated heterocycles. The third kappa shape index (κ3) is 6.25. The van der Waals surface area contributed by atoms with Gasteiger partial charge in [-0.25, -0.2) is 0 Å². The van der Waals surface area contributed by atoms with E-state index in [1.54, 1.807) is 43.3 Å². The van der Waals surface area contributed by atoms with E-state index in [1.165, 1.54) is 4.90 Å². The molecule has 0 spiro atoms. The number of carbonyl (C=O) groups excluding carboxylic acids is 2. The Kier molecular flexibility index (Phi) is 8.02. The van der Waals surface area contributed by atoms with E-state index in [2.05, 4.69) is 31.9 Å². The van der Waals surface area contributed by atoms with Gasteiger partial charge >= 0.3 is 0 Å². The molecule has 1 aliphatic heterocycles. The molecule has 3 rings (SSSR count). The average molecular weight is 649 g/mol. The number of carbonyl (C=O) groups is 2. The summed E-state index contributed by atoms with van der Waals surface area (Å²) in [4.78, 5) is 26.3. The van der Waals surface area contributed by atoms with Crippen LogP contribution >= 0.6 is 66.7 Å². The Morgan fingerprint density at radius 1 is 1.09 bits per heavy atom. The fourth-order valence-electron chi connectivity index (χ4n) is 3.24. The minimum absolute atomic E-state index is 0.192. The van der Waals surface area contributed by atoms with Gasteiger partial charge in [-0.1, -0.05) is 81.9 Å². The molecule has 6 nitrogen and oxygen atoms in total. The molecule has 1 aliphatic rings. The molecule has 0 N–H and O–H groups in total. The highest BCUT2D eigenvalue weighted by Gasteiger charge is 2.37. The van der Waals surface area contributed by atoms with Gasteiger partial charge in [0.1, 0.15) is 6.61 Å². The second kappa shape index (κ2) is 9.90. The second-order valence-electron chi connectivity index (χ2n) is 7.25. The van der Waals surface area contributed by atoms with Crippen molar-refractivity contribution < 1.29 is 22.2 Å². The molecule has 32 heavy (non-hydrogen) atoms. The molecule has 2 aromatic rings. The molecule has 0 saturated carbocycles. The lowest BCUT2D eigenvalue weighted by molar-refractivity contribution is -0.114. The van der Waals surface area contributed by atoms with Crippen molar-refractivity contribution in [3.8, 4) is 0 Å². The fourth-order valence-corrected chi connectivity index (χ4v) is 6.30. The molecule has 12 heteroatoms. The quantitative estimate of drug-likeness (QED) is 0.217. The van der Waals surface area contributed by atoms with Crippen LogP contribution in [0.5, 0.6) is 0 Å². The maximum absolute atomic E-state index is 12.5. The zero-order chi connectivity index (χ0) is 23.8.